The Morgan fingerprint density at radius 1 is 1.37 bits per heavy atom. The molecular weight excluding hydrogens is 319 g/mol. The van der Waals surface area contributed by atoms with E-state index < -0.39 is 23.4 Å². The highest BCUT2D eigenvalue weighted by Gasteiger charge is 2.45. The molecule has 3 N–H and O–H groups in total. The first kappa shape index (κ1) is 13.8. The smallest absolute Gasteiger partial charge is 0.329 e. The lowest BCUT2D eigenvalue weighted by Crippen LogP contribution is -2.60. The maximum Gasteiger partial charge on any atom is 0.329 e. The summed E-state index contributed by atoms with van der Waals surface area (Å²) in [6.45, 7) is 0. The number of carboxylic acids is 1. The van der Waals surface area contributed by atoms with Gasteiger partial charge in [0.1, 0.15) is 11.4 Å². The van der Waals surface area contributed by atoms with E-state index >= 15 is 0 Å². The van der Waals surface area contributed by atoms with Crippen molar-refractivity contribution in [2.45, 2.75) is 24.8 Å². The Bertz CT molecular complexity index is 511. The number of urea groups is 1. The topological polar surface area (TPSA) is 78.4 Å². The van der Waals surface area contributed by atoms with Gasteiger partial charge < -0.3 is 15.7 Å². The van der Waals surface area contributed by atoms with Gasteiger partial charge in [-0.2, -0.15) is 0 Å². The summed E-state index contributed by atoms with van der Waals surface area (Å²) >= 11 is 3.12. The van der Waals surface area contributed by atoms with Crippen LogP contribution in [0, 0.1) is 5.82 Å². The Labute approximate surface area is 117 Å². The Balaban J connectivity index is 2.08. The van der Waals surface area contributed by atoms with Gasteiger partial charge in [0.25, 0.3) is 0 Å². The fraction of sp³-hybridized carbons (Fsp3) is 0.333. The molecule has 1 aromatic rings. The Kier molecular flexibility index (Phi) is 3.75. The van der Waals surface area contributed by atoms with E-state index in [1.54, 1.807) is 6.07 Å². The number of benzene rings is 1. The molecule has 0 aromatic heterocycles. The fourth-order valence-corrected chi connectivity index (χ4v) is 2.34. The lowest BCUT2D eigenvalue weighted by atomic mass is 9.77. The van der Waals surface area contributed by atoms with E-state index in [0.29, 0.717) is 17.3 Å². The van der Waals surface area contributed by atoms with E-state index in [1.807, 2.05) is 0 Å². The average Bonchev–Trinajstić information content (AvgIpc) is 2.28. The van der Waals surface area contributed by atoms with Crippen molar-refractivity contribution >= 4 is 33.6 Å². The number of nitrogens with one attached hydrogen (secondary N) is 2. The van der Waals surface area contributed by atoms with Crippen molar-refractivity contribution in [2.75, 3.05) is 5.32 Å². The number of hydrogen-bond donors (Lipinski definition) is 3. The highest BCUT2D eigenvalue weighted by molar-refractivity contribution is 9.10. The number of para-hydroxylation sites is 1. The molecule has 0 unspecified atom stereocenters. The maximum atomic E-state index is 13.5. The van der Waals surface area contributed by atoms with Crippen molar-refractivity contribution in [3.63, 3.8) is 0 Å². The van der Waals surface area contributed by atoms with Gasteiger partial charge in [-0.05, 0) is 47.3 Å². The van der Waals surface area contributed by atoms with Crippen molar-refractivity contribution in [2.24, 2.45) is 0 Å². The second-order valence-electron chi connectivity index (χ2n) is 4.42. The van der Waals surface area contributed by atoms with Crippen LogP contribution in [0.5, 0.6) is 0 Å². The van der Waals surface area contributed by atoms with Gasteiger partial charge in [-0.25, -0.2) is 14.0 Å². The summed E-state index contributed by atoms with van der Waals surface area (Å²) in [5.74, 6) is -1.66. The average molecular weight is 331 g/mol. The van der Waals surface area contributed by atoms with E-state index in [-0.39, 0.29) is 5.69 Å². The standard InChI is InChI=1S/C12H12BrFN2O3/c13-7-3-1-4-8(14)9(7)15-11(19)16-12(10(17)18)5-2-6-12/h1,3-4H,2,5-6H2,(H,17,18)(H2,15,16,19). The summed E-state index contributed by atoms with van der Waals surface area (Å²) in [4.78, 5) is 22.9. The second kappa shape index (κ2) is 5.16. The van der Waals surface area contributed by atoms with Gasteiger partial charge in [-0.15, -0.1) is 0 Å². The number of anilines is 1. The number of amides is 2. The fourth-order valence-electron chi connectivity index (χ4n) is 1.90. The third-order valence-electron chi connectivity index (χ3n) is 3.17. The first-order chi connectivity index (χ1) is 8.94. The molecule has 102 valence electrons. The van der Waals surface area contributed by atoms with Gasteiger partial charge in [-0.1, -0.05) is 6.07 Å². The molecule has 7 heteroatoms. The first-order valence-corrected chi connectivity index (χ1v) is 6.50. The highest BCUT2D eigenvalue weighted by Crippen LogP contribution is 2.32. The summed E-state index contributed by atoms with van der Waals surface area (Å²) in [5.41, 5.74) is -1.23. The molecule has 1 fully saturated rings. The summed E-state index contributed by atoms with van der Waals surface area (Å²) in [7, 11) is 0. The van der Waals surface area contributed by atoms with Gasteiger partial charge in [0.2, 0.25) is 0 Å². The van der Waals surface area contributed by atoms with Crippen LogP contribution in [0.2, 0.25) is 0 Å². The van der Waals surface area contributed by atoms with Crippen LogP contribution in [-0.2, 0) is 4.79 Å². The Morgan fingerprint density at radius 2 is 2.05 bits per heavy atom. The molecule has 5 nitrogen and oxygen atoms in total. The minimum atomic E-state index is -1.22. The van der Waals surface area contributed by atoms with Gasteiger partial charge >= 0.3 is 12.0 Å². The van der Waals surface area contributed by atoms with E-state index in [1.165, 1.54) is 12.1 Å². The molecule has 2 amide bonds. The van der Waals surface area contributed by atoms with Crippen LogP contribution in [0.25, 0.3) is 0 Å². The summed E-state index contributed by atoms with van der Waals surface area (Å²) in [6.07, 6.45) is 1.51. The lowest BCUT2D eigenvalue weighted by molar-refractivity contribution is -0.148. The minimum absolute atomic E-state index is 0.0140. The van der Waals surface area contributed by atoms with E-state index in [4.69, 9.17) is 5.11 Å². The number of halogens is 2. The van der Waals surface area contributed by atoms with E-state index in [9.17, 15) is 14.0 Å². The van der Waals surface area contributed by atoms with Gasteiger partial charge in [0, 0.05) is 4.47 Å². The van der Waals surface area contributed by atoms with Gasteiger partial charge in [0.05, 0.1) is 5.69 Å². The van der Waals surface area contributed by atoms with Crippen LogP contribution in [0.15, 0.2) is 22.7 Å². The van der Waals surface area contributed by atoms with Crippen LogP contribution in [0.1, 0.15) is 19.3 Å². The molecule has 1 aromatic carbocycles. The van der Waals surface area contributed by atoms with Crippen molar-refractivity contribution in [3.05, 3.63) is 28.5 Å². The number of hydrogen-bond acceptors (Lipinski definition) is 2. The summed E-state index contributed by atoms with van der Waals surface area (Å²) < 4.78 is 13.9. The van der Waals surface area contributed by atoms with Crippen molar-refractivity contribution in [3.8, 4) is 0 Å². The molecule has 0 bridgehead atoms. The molecule has 1 aliphatic carbocycles. The molecule has 0 atom stereocenters. The number of carbonyl (C=O) groups excluding carboxylic acids is 1. The number of rotatable bonds is 3. The number of aliphatic carboxylic acids is 1. The second-order valence-corrected chi connectivity index (χ2v) is 5.27. The Hall–Kier alpha value is -1.63. The summed E-state index contributed by atoms with van der Waals surface area (Å²) in [6, 6.07) is 3.55. The minimum Gasteiger partial charge on any atom is -0.480 e. The maximum absolute atomic E-state index is 13.5. The number of carbonyl (C=O) groups is 2. The predicted molar refractivity (Wildman–Crippen MR) is 70.5 cm³/mol. The SMILES string of the molecule is O=C(Nc1c(F)cccc1Br)NC1(C(=O)O)CCC1. The third kappa shape index (κ3) is 2.70. The largest absolute Gasteiger partial charge is 0.480 e. The van der Waals surface area contributed by atoms with Gasteiger partial charge in [-0.3, -0.25) is 0 Å². The quantitative estimate of drug-likeness (QED) is 0.797. The third-order valence-corrected chi connectivity index (χ3v) is 3.83. The van der Waals surface area contributed by atoms with Crippen LogP contribution in [-0.4, -0.2) is 22.6 Å². The molecule has 0 saturated heterocycles. The summed E-state index contributed by atoms with van der Waals surface area (Å²) in [5, 5.41) is 13.8. The molecule has 0 spiro atoms. The zero-order valence-corrected chi connectivity index (χ0v) is 11.5. The molecule has 2 rings (SSSR count). The highest BCUT2D eigenvalue weighted by atomic mass is 79.9. The van der Waals surface area contributed by atoms with Crippen LogP contribution in [0.4, 0.5) is 14.9 Å². The molecule has 1 saturated carbocycles. The van der Waals surface area contributed by atoms with Crippen molar-refractivity contribution in [1.29, 1.82) is 0 Å². The monoisotopic (exact) mass is 330 g/mol. The van der Waals surface area contributed by atoms with Crippen LogP contribution in [0.3, 0.4) is 0 Å². The Morgan fingerprint density at radius 3 is 2.53 bits per heavy atom. The molecule has 1 aliphatic rings. The van der Waals surface area contributed by atoms with Gasteiger partial charge in [0.15, 0.2) is 0 Å². The lowest BCUT2D eigenvalue weighted by Gasteiger charge is -2.38. The normalized spacial score (nSPS) is 16.3. The predicted octanol–water partition coefficient (Wildman–Crippen LogP) is 2.72. The van der Waals surface area contributed by atoms with E-state index in [0.717, 1.165) is 6.42 Å². The molecule has 19 heavy (non-hydrogen) atoms. The number of carboxylic acid groups (broad SMARTS) is 1. The van der Waals surface area contributed by atoms with E-state index in [2.05, 4.69) is 26.6 Å². The zero-order chi connectivity index (χ0) is 14.0. The van der Waals surface area contributed by atoms with Crippen LogP contribution >= 0.6 is 15.9 Å². The van der Waals surface area contributed by atoms with Crippen LogP contribution < -0.4 is 10.6 Å². The van der Waals surface area contributed by atoms with Crippen molar-refractivity contribution < 1.29 is 19.1 Å². The molecule has 0 aliphatic heterocycles. The molecule has 0 heterocycles. The zero-order valence-electron chi connectivity index (χ0n) is 9.87. The van der Waals surface area contributed by atoms with Crippen molar-refractivity contribution in [1.82, 2.24) is 5.32 Å². The molecule has 0 radical (unpaired) electrons. The first-order valence-electron chi connectivity index (χ1n) is 5.71. The molecular formula is C12H12BrFN2O3.